The molecule has 1 aliphatic carbocycles. The Bertz CT molecular complexity index is 1060. The minimum absolute atomic E-state index is 0.310. The summed E-state index contributed by atoms with van der Waals surface area (Å²) in [5.74, 6) is 1.49. The summed E-state index contributed by atoms with van der Waals surface area (Å²) in [4.78, 5) is 2.25. The summed E-state index contributed by atoms with van der Waals surface area (Å²) >= 11 is 0. The molecule has 0 unspecified atom stereocenters. The fourth-order valence-electron chi connectivity index (χ4n) is 3.86. The third-order valence-electron chi connectivity index (χ3n) is 5.74. The number of hydrogen-bond acceptors (Lipinski definition) is 4. The number of hydrogen-bond donors (Lipinski definition) is 1. The molecule has 168 valence electrons. The number of aryl methyl sites for hydroxylation is 1. The van der Waals surface area contributed by atoms with Crippen LogP contribution >= 0.6 is 0 Å². The molecule has 1 heterocycles. The van der Waals surface area contributed by atoms with Gasteiger partial charge >= 0.3 is 0 Å². The Morgan fingerprint density at radius 1 is 1.22 bits per heavy atom. The van der Waals surface area contributed by atoms with E-state index in [0.717, 1.165) is 23.4 Å². The normalized spacial score (nSPS) is 15.5. The number of rotatable bonds is 10. The van der Waals surface area contributed by atoms with Crippen LogP contribution in [0.3, 0.4) is 0 Å². The molecule has 6 heteroatoms. The van der Waals surface area contributed by atoms with E-state index in [9.17, 15) is 9.50 Å². The molecule has 0 bridgehead atoms. The van der Waals surface area contributed by atoms with Crippen LogP contribution in [0.2, 0.25) is 0 Å². The molecule has 1 aromatic heterocycles. The fourth-order valence-corrected chi connectivity index (χ4v) is 3.86. The van der Waals surface area contributed by atoms with E-state index in [0.29, 0.717) is 30.6 Å². The van der Waals surface area contributed by atoms with Gasteiger partial charge in [0.2, 0.25) is 5.88 Å². The summed E-state index contributed by atoms with van der Waals surface area (Å²) in [5, 5.41) is 15.4. The molecule has 0 amide bonds. The van der Waals surface area contributed by atoms with Gasteiger partial charge in [-0.3, -0.25) is 4.90 Å². The van der Waals surface area contributed by atoms with Crippen LogP contribution in [0.1, 0.15) is 25.3 Å². The minimum Gasteiger partial charge on any atom is -0.439 e. The third-order valence-corrected chi connectivity index (χ3v) is 5.74. The summed E-state index contributed by atoms with van der Waals surface area (Å²) in [5.41, 5.74) is 1.77. The largest absolute Gasteiger partial charge is 0.439 e. The highest BCUT2D eigenvalue weighted by Gasteiger charge is 2.30. The van der Waals surface area contributed by atoms with Gasteiger partial charge in [0.15, 0.2) is 0 Å². The summed E-state index contributed by atoms with van der Waals surface area (Å²) in [7, 11) is 1.85. The van der Waals surface area contributed by atoms with Gasteiger partial charge in [-0.15, -0.1) is 6.58 Å². The second-order valence-corrected chi connectivity index (χ2v) is 8.85. The van der Waals surface area contributed by atoms with E-state index in [1.807, 2.05) is 37.4 Å². The van der Waals surface area contributed by atoms with Gasteiger partial charge in [-0.1, -0.05) is 36.4 Å². The third kappa shape index (κ3) is 5.44. The zero-order valence-electron chi connectivity index (χ0n) is 18.7. The highest BCUT2D eigenvalue weighted by molar-refractivity contribution is 5.65. The van der Waals surface area contributed by atoms with Gasteiger partial charge in [-0.05, 0) is 49.9 Å². The Morgan fingerprint density at radius 2 is 1.91 bits per heavy atom. The van der Waals surface area contributed by atoms with Crippen LogP contribution in [-0.4, -0.2) is 38.5 Å². The minimum atomic E-state index is -0.998. The zero-order chi connectivity index (χ0) is 22.7. The van der Waals surface area contributed by atoms with E-state index in [2.05, 4.69) is 11.5 Å². The van der Waals surface area contributed by atoms with Crippen molar-refractivity contribution in [3.8, 4) is 22.9 Å². The number of aliphatic hydroxyl groups is 1. The van der Waals surface area contributed by atoms with Crippen molar-refractivity contribution < 1.29 is 14.2 Å². The topological polar surface area (TPSA) is 50.5 Å². The van der Waals surface area contributed by atoms with Gasteiger partial charge in [0.25, 0.3) is 0 Å². The lowest BCUT2D eigenvalue weighted by atomic mass is 10.0. The number of aromatic nitrogens is 2. The van der Waals surface area contributed by atoms with Crippen LogP contribution in [0.5, 0.6) is 11.6 Å². The first-order valence-electron chi connectivity index (χ1n) is 11.0. The maximum absolute atomic E-state index is 13.4. The van der Waals surface area contributed by atoms with Crippen molar-refractivity contribution in [3.63, 3.8) is 0 Å². The monoisotopic (exact) mass is 435 g/mol. The Morgan fingerprint density at radius 3 is 2.53 bits per heavy atom. The molecular weight excluding hydrogens is 405 g/mol. The molecule has 0 aliphatic heterocycles. The Labute approximate surface area is 188 Å². The Kier molecular flexibility index (Phi) is 6.44. The molecule has 3 aromatic rings. The van der Waals surface area contributed by atoms with Crippen LogP contribution in [0.15, 0.2) is 67.3 Å². The van der Waals surface area contributed by atoms with E-state index in [4.69, 9.17) is 9.84 Å². The molecule has 0 saturated heterocycles. The highest BCUT2D eigenvalue weighted by Crippen LogP contribution is 2.36. The number of benzene rings is 2. The van der Waals surface area contributed by atoms with Crippen LogP contribution in [-0.2, 0) is 13.6 Å². The van der Waals surface area contributed by atoms with E-state index in [1.165, 1.54) is 25.0 Å². The van der Waals surface area contributed by atoms with E-state index in [-0.39, 0.29) is 5.82 Å². The first-order chi connectivity index (χ1) is 15.3. The van der Waals surface area contributed by atoms with Crippen molar-refractivity contribution in [2.24, 2.45) is 13.0 Å². The summed E-state index contributed by atoms with van der Waals surface area (Å²) < 4.78 is 21.3. The van der Waals surface area contributed by atoms with Gasteiger partial charge in [0.1, 0.15) is 17.3 Å². The average molecular weight is 436 g/mol. The van der Waals surface area contributed by atoms with Gasteiger partial charge < -0.3 is 9.84 Å². The van der Waals surface area contributed by atoms with Crippen LogP contribution in [0.25, 0.3) is 11.3 Å². The molecular formula is C26H30FN3O2. The lowest BCUT2D eigenvalue weighted by molar-refractivity contribution is 0.0566. The Hall–Kier alpha value is -2.96. The molecule has 4 rings (SSSR count). The van der Waals surface area contributed by atoms with Crippen molar-refractivity contribution >= 4 is 0 Å². The van der Waals surface area contributed by atoms with Crippen molar-refractivity contribution in [1.82, 2.24) is 14.7 Å². The van der Waals surface area contributed by atoms with Crippen molar-refractivity contribution in [2.45, 2.75) is 31.9 Å². The summed E-state index contributed by atoms with van der Waals surface area (Å²) in [6, 6.07) is 16.0. The number of halogens is 1. The molecule has 2 aromatic carbocycles. The average Bonchev–Trinajstić information content (AvgIpc) is 3.54. The molecule has 1 atom stereocenters. The summed E-state index contributed by atoms with van der Waals surface area (Å²) in [6.45, 7) is 7.48. The van der Waals surface area contributed by atoms with Crippen LogP contribution in [0, 0.1) is 11.7 Å². The smallest absolute Gasteiger partial charge is 0.222 e. The Balaban J connectivity index is 1.72. The van der Waals surface area contributed by atoms with Crippen LogP contribution < -0.4 is 4.74 Å². The molecule has 5 nitrogen and oxygen atoms in total. The van der Waals surface area contributed by atoms with Gasteiger partial charge in [0, 0.05) is 32.2 Å². The molecule has 0 radical (unpaired) electrons. The first kappa shape index (κ1) is 22.2. The van der Waals surface area contributed by atoms with Crippen molar-refractivity contribution in [3.05, 3.63) is 78.6 Å². The van der Waals surface area contributed by atoms with Gasteiger partial charge in [-0.25, -0.2) is 9.07 Å². The predicted octanol–water partition coefficient (Wildman–Crippen LogP) is 5.17. The van der Waals surface area contributed by atoms with E-state index in [1.54, 1.807) is 29.8 Å². The number of nitrogens with zero attached hydrogens (tertiary/aromatic N) is 3. The standard InChI is InChI=1S/C26H30FN3O2/c1-4-26(2,31)18-30(16-19-10-11-19)17-23-24(20-8-6-5-7-9-20)28-29(3)25(23)32-22-14-12-21(27)13-15-22/h4-9,12-15,19,31H,1,10-11,16-18H2,2-3H3/t26-/m1/s1. The maximum Gasteiger partial charge on any atom is 0.222 e. The van der Waals surface area contributed by atoms with Crippen molar-refractivity contribution in [1.29, 1.82) is 0 Å². The van der Waals surface area contributed by atoms with Crippen molar-refractivity contribution in [2.75, 3.05) is 13.1 Å². The fraction of sp³-hybridized carbons (Fsp3) is 0.346. The maximum atomic E-state index is 13.4. The lowest BCUT2D eigenvalue weighted by Gasteiger charge is -2.30. The predicted molar refractivity (Wildman–Crippen MR) is 124 cm³/mol. The molecule has 0 spiro atoms. The van der Waals surface area contributed by atoms with E-state index < -0.39 is 5.60 Å². The second kappa shape index (κ2) is 9.27. The SMILES string of the molecule is C=C[C@@](C)(O)CN(Cc1c(-c2ccccc2)nn(C)c1Oc1ccc(F)cc1)CC1CC1. The second-order valence-electron chi connectivity index (χ2n) is 8.85. The first-order valence-corrected chi connectivity index (χ1v) is 11.0. The molecule has 32 heavy (non-hydrogen) atoms. The van der Waals surface area contributed by atoms with Crippen LogP contribution in [0.4, 0.5) is 4.39 Å². The number of ether oxygens (including phenoxy) is 1. The summed E-state index contributed by atoms with van der Waals surface area (Å²) in [6.07, 6.45) is 4.01. The van der Waals surface area contributed by atoms with Gasteiger partial charge in [-0.2, -0.15) is 5.10 Å². The molecule has 1 saturated carbocycles. The lowest BCUT2D eigenvalue weighted by Crippen LogP contribution is -2.40. The van der Waals surface area contributed by atoms with E-state index >= 15 is 0 Å². The highest BCUT2D eigenvalue weighted by atomic mass is 19.1. The molecule has 1 N–H and O–H groups in total. The zero-order valence-corrected chi connectivity index (χ0v) is 18.7. The van der Waals surface area contributed by atoms with Gasteiger partial charge in [0.05, 0.1) is 11.2 Å². The molecule has 1 aliphatic rings. The molecule has 1 fully saturated rings. The quantitative estimate of drug-likeness (QED) is 0.447.